The van der Waals surface area contributed by atoms with E-state index in [9.17, 15) is 18.0 Å². The zero-order chi connectivity index (χ0) is 16.3. The molecule has 1 aromatic rings. The van der Waals surface area contributed by atoms with Crippen molar-refractivity contribution in [2.45, 2.75) is 12.6 Å². The van der Waals surface area contributed by atoms with Crippen LogP contribution in [0.1, 0.15) is 17.5 Å². The third kappa shape index (κ3) is 4.01. The molecule has 0 spiro atoms. The number of alkyl halides is 3. The van der Waals surface area contributed by atoms with Crippen LogP contribution in [0.25, 0.3) is 6.08 Å². The number of nitrogens with two attached hydrogens (primary N) is 1. The van der Waals surface area contributed by atoms with Gasteiger partial charge in [-0.1, -0.05) is 11.6 Å². The maximum absolute atomic E-state index is 12.7. The van der Waals surface area contributed by atoms with Gasteiger partial charge in [0.2, 0.25) is 5.91 Å². The Bertz CT molecular complexity index is 587. The fraction of sp³-hybridized carbons (Fsp3) is 0.400. The van der Waals surface area contributed by atoms with E-state index in [0.717, 1.165) is 18.6 Å². The van der Waals surface area contributed by atoms with Crippen LogP contribution >= 0.6 is 11.6 Å². The summed E-state index contributed by atoms with van der Waals surface area (Å²) in [5, 5.41) is 0.165. The van der Waals surface area contributed by atoms with Gasteiger partial charge >= 0.3 is 6.18 Å². The topological polar surface area (TPSA) is 46.3 Å². The first-order valence-corrected chi connectivity index (χ1v) is 7.23. The average molecular weight is 333 g/mol. The predicted molar refractivity (Wildman–Crippen MR) is 79.2 cm³/mol. The van der Waals surface area contributed by atoms with Gasteiger partial charge in [-0.05, 0) is 48.7 Å². The van der Waals surface area contributed by atoms with E-state index in [1.807, 2.05) is 0 Å². The maximum atomic E-state index is 12.7. The van der Waals surface area contributed by atoms with Crippen LogP contribution in [0.2, 0.25) is 5.02 Å². The molecule has 1 fully saturated rings. The molecule has 7 heteroatoms. The second-order valence-electron chi connectivity index (χ2n) is 5.24. The number of rotatable bonds is 3. The normalized spacial score (nSPS) is 19.1. The lowest BCUT2D eigenvalue weighted by Gasteiger charge is -2.13. The number of carbonyl (C=O) groups is 1. The molecule has 1 heterocycles. The lowest BCUT2D eigenvalue weighted by Crippen LogP contribution is -2.28. The second-order valence-corrected chi connectivity index (χ2v) is 5.65. The molecule has 2 rings (SSSR count). The van der Waals surface area contributed by atoms with Crippen LogP contribution in [0.15, 0.2) is 24.3 Å². The van der Waals surface area contributed by atoms with Crippen molar-refractivity contribution in [2.75, 3.05) is 19.6 Å². The monoisotopic (exact) mass is 332 g/mol. The van der Waals surface area contributed by atoms with Crippen molar-refractivity contribution in [3.8, 4) is 0 Å². The van der Waals surface area contributed by atoms with Gasteiger partial charge in [-0.3, -0.25) is 4.79 Å². The van der Waals surface area contributed by atoms with Crippen molar-refractivity contribution in [3.63, 3.8) is 0 Å². The van der Waals surface area contributed by atoms with E-state index in [1.165, 1.54) is 18.2 Å². The molecule has 1 unspecified atom stereocenters. The summed E-state index contributed by atoms with van der Waals surface area (Å²) in [6.45, 7) is 1.71. The lowest BCUT2D eigenvalue weighted by atomic mass is 10.1. The van der Waals surface area contributed by atoms with Gasteiger partial charge in [0.15, 0.2) is 0 Å². The van der Waals surface area contributed by atoms with Crippen molar-refractivity contribution in [2.24, 2.45) is 11.7 Å². The highest BCUT2D eigenvalue weighted by atomic mass is 35.5. The highest BCUT2D eigenvalue weighted by molar-refractivity contribution is 6.32. The van der Waals surface area contributed by atoms with Crippen LogP contribution < -0.4 is 5.73 Å². The number of carbonyl (C=O) groups excluding carboxylic acids is 1. The summed E-state index contributed by atoms with van der Waals surface area (Å²) in [5.41, 5.74) is 4.93. The molecule has 0 aliphatic carbocycles. The number of nitrogens with zero attached hydrogens (tertiary/aromatic N) is 1. The van der Waals surface area contributed by atoms with Gasteiger partial charge < -0.3 is 10.6 Å². The van der Waals surface area contributed by atoms with Gasteiger partial charge in [-0.2, -0.15) is 13.2 Å². The van der Waals surface area contributed by atoms with Crippen LogP contribution in [0, 0.1) is 5.92 Å². The highest BCUT2D eigenvalue weighted by Crippen LogP contribution is 2.32. The van der Waals surface area contributed by atoms with E-state index in [1.54, 1.807) is 4.90 Å². The number of amides is 1. The van der Waals surface area contributed by atoms with Crippen LogP contribution in [-0.2, 0) is 11.0 Å². The largest absolute Gasteiger partial charge is 0.416 e. The van der Waals surface area contributed by atoms with Gasteiger partial charge in [0.25, 0.3) is 0 Å². The molecule has 1 atom stereocenters. The zero-order valence-electron chi connectivity index (χ0n) is 11.7. The summed E-state index contributed by atoms with van der Waals surface area (Å²) >= 11 is 5.88. The Hall–Kier alpha value is -1.53. The molecule has 1 aliphatic rings. The Morgan fingerprint density at radius 1 is 1.45 bits per heavy atom. The van der Waals surface area contributed by atoms with E-state index in [2.05, 4.69) is 0 Å². The molecule has 3 nitrogen and oxygen atoms in total. The molecule has 120 valence electrons. The van der Waals surface area contributed by atoms with Gasteiger partial charge in [-0.15, -0.1) is 0 Å². The summed E-state index contributed by atoms with van der Waals surface area (Å²) in [7, 11) is 0. The predicted octanol–water partition coefficient (Wildman–Crippen LogP) is 3.18. The van der Waals surface area contributed by atoms with Crippen molar-refractivity contribution in [1.82, 2.24) is 4.90 Å². The summed E-state index contributed by atoms with van der Waals surface area (Å²) in [5.74, 6) is 0.0407. The molecule has 1 saturated heterocycles. The highest BCUT2D eigenvalue weighted by Gasteiger charge is 2.30. The van der Waals surface area contributed by atoms with Crippen LogP contribution in [-0.4, -0.2) is 30.4 Å². The molecule has 1 amide bonds. The lowest BCUT2D eigenvalue weighted by molar-refractivity contribution is -0.137. The van der Waals surface area contributed by atoms with E-state index in [-0.39, 0.29) is 22.4 Å². The molecule has 0 aromatic heterocycles. The first kappa shape index (κ1) is 16.8. The minimum absolute atomic E-state index is 0.165. The molecule has 22 heavy (non-hydrogen) atoms. The molecule has 0 saturated carbocycles. The quantitative estimate of drug-likeness (QED) is 0.864. The number of halogens is 4. The van der Waals surface area contributed by atoms with Gasteiger partial charge in [-0.25, -0.2) is 0 Å². The summed E-state index contributed by atoms with van der Waals surface area (Å²) in [4.78, 5) is 13.6. The van der Waals surface area contributed by atoms with Crippen LogP contribution in [0.5, 0.6) is 0 Å². The number of hydrogen-bond acceptors (Lipinski definition) is 2. The van der Waals surface area contributed by atoms with Crippen molar-refractivity contribution < 1.29 is 18.0 Å². The standard InChI is InChI=1S/C15H16ClF3N2O/c16-13-3-2-12(15(17,18)19)7-11(13)1-4-14(22)21-6-5-10(8-20)9-21/h1-4,7,10H,5-6,8-9,20H2. The molecule has 1 aromatic carbocycles. The molecule has 0 bridgehead atoms. The molecular formula is C15H16ClF3N2O. The molecule has 2 N–H and O–H groups in total. The molecular weight excluding hydrogens is 317 g/mol. The molecule has 0 radical (unpaired) electrons. The first-order chi connectivity index (χ1) is 10.3. The minimum atomic E-state index is -4.44. The second kappa shape index (κ2) is 6.71. The van der Waals surface area contributed by atoms with Crippen molar-refractivity contribution in [3.05, 3.63) is 40.4 Å². The molecule has 1 aliphatic heterocycles. The fourth-order valence-corrected chi connectivity index (χ4v) is 2.52. The van der Waals surface area contributed by atoms with Crippen LogP contribution in [0.3, 0.4) is 0 Å². The van der Waals surface area contributed by atoms with E-state index >= 15 is 0 Å². The van der Waals surface area contributed by atoms with Gasteiger partial charge in [0.1, 0.15) is 0 Å². The Kier molecular flexibility index (Phi) is 5.13. The van der Waals surface area contributed by atoms with Crippen molar-refractivity contribution in [1.29, 1.82) is 0 Å². The third-order valence-electron chi connectivity index (χ3n) is 3.66. The fourth-order valence-electron chi connectivity index (χ4n) is 2.34. The Labute approximate surface area is 131 Å². The SMILES string of the molecule is NCC1CCN(C(=O)C=Cc2cc(C(F)(F)F)ccc2Cl)C1. The smallest absolute Gasteiger partial charge is 0.339 e. The maximum Gasteiger partial charge on any atom is 0.416 e. The van der Waals surface area contributed by atoms with E-state index in [0.29, 0.717) is 19.6 Å². The van der Waals surface area contributed by atoms with Gasteiger partial charge in [0.05, 0.1) is 5.56 Å². The number of benzene rings is 1. The third-order valence-corrected chi connectivity index (χ3v) is 4.00. The van der Waals surface area contributed by atoms with E-state index in [4.69, 9.17) is 17.3 Å². The zero-order valence-corrected chi connectivity index (χ0v) is 12.5. The number of likely N-dealkylation sites (tertiary alicyclic amines) is 1. The summed E-state index contributed by atoms with van der Waals surface area (Å²) in [6, 6.07) is 3.02. The van der Waals surface area contributed by atoms with E-state index < -0.39 is 11.7 Å². The van der Waals surface area contributed by atoms with Gasteiger partial charge in [0, 0.05) is 24.2 Å². The van der Waals surface area contributed by atoms with Crippen molar-refractivity contribution >= 4 is 23.6 Å². The average Bonchev–Trinajstić information content (AvgIpc) is 2.94. The Balaban J connectivity index is 2.11. The first-order valence-electron chi connectivity index (χ1n) is 6.85. The summed E-state index contributed by atoms with van der Waals surface area (Å²) < 4.78 is 38.0. The number of hydrogen-bond donors (Lipinski definition) is 1. The summed E-state index contributed by atoms with van der Waals surface area (Å²) in [6.07, 6.45) is -1.03. The Morgan fingerprint density at radius 2 is 2.18 bits per heavy atom. The van der Waals surface area contributed by atoms with Crippen LogP contribution in [0.4, 0.5) is 13.2 Å². The minimum Gasteiger partial charge on any atom is -0.339 e. The Morgan fingerprint density at radius 3 is 2.77 bits per heavy atom.